The monoisotopic (exact) mass is 398 g/mol. The van der Waals surface area contributed by atoms with Crippen LogP contribution in [0.1, 0.15) is 23.1 Å². The molecule has 0 saturated heterocycles. The van der Waals surface area contributed by atoms with Crippen LogP contribution in [0.4, 0.5) is 0 Å². The van der Waals surface area contributed by atoms with Gasteiger partial charge in [0, 0.05) is 23.0 Å². The van der Waals surface area contributed by atoms with E-state index < -0.39 is 0 Å². The summed E-state index contributed by atoms with van der Waals surface area (Å²) in [6, 6.07) is 13.5. The predicted octanol–water partition coefficient (Wildman–Crippen LogP) is 5.25. The van der Waals surface area contributed by atoms with E-state index in [-0.39, 0.29) is 5.63 Å². The third-order valence-electron chi connectivity index (χ3n) is 4.56. The van der Waals surface area contributed by atoms with Gasteiger partial charge in [-0.15, -0.1) is 11.3 Å². The molecule has 0 bridgehead atoms. The van der Waals surface area contributed by atoms with Crippen molar-refractivity contribution in [3.05, 3.63) is 74.0 Å². The van der Waals surface area contributed by atoms with Gasteiger partial charge in [0.2, 0.25) is 0 Å². The van der Waals surface area contributed by atoms with E-state index in [0.717, 1.165) is 33.5 Å². The Morgan fingerprint density at radius 2 is 1.96 bits per heavy atom. The fourth-order valence-electron chi connectivity index (χ4n) is 3.26. The van der Waals surface area contributed by atoms with Crippen molar-refractivity contribution in [3.8, 4) is 0 Å². The van der Waals surface area contributed by atoms with Crippen molar-refractivity contribution in [1.82, 2.24) is 9.88 Å². The van der Waals surface area contributed by atoms with Crippen LogP contribution in [-0.4, -0.2) is 16.9 Å². The van der Waals surface area contributed by atoms with E-state index in [1.54, 1.807) is 17.4 Å². The number of halogens is 1. The van der Waals surface area contributed by atoms with Gasteiger partial charge in [0.05, 0.1) is 16.8 Å². The number of fused-ring (bicyclic) bond motifs is 2. The van der Waals surface area contributed by atoms with Crippen LogP contribution >= 0.6 is 22.9 Å². The number of rotatable bonds is 5. The van der Waals surface area contributed by atoms with E-state index in [0.29, 0.717) is 23.7 Å². The number of thiazole rings is 1. The molecule has 0 aliphatic heterocycles. The summed E-state index contributed by atoms with van der Waals surface area (Å²) >= 11 is 8.08. The lowest BCUT2D eigenvalue weighted by atomic mass is 10.1. The van der Waals surface area contributed by atoms with Crippen LogP contribution in [0.15, 0.2) is 51.7 Å². The SMILES string of the molecule is CCc1cc2oc(=O)cc(CN(C)Cc3nc4ccccc4s3)c2cc1Cl. The minimum Gasteiger partial charge on any atom is -0.423 e. The van der Waals surface area contributed by atoms with Crippen LogP contribution in [0.3, 0.4) is 0 Å². The molecule has 0 saturated carbocycles. The molecule has 0 fully saturated rings. The average molecular weight is 399 g/mol. The third-order valence-corrected chi connectivity index (χ3v) is 5.93. The number of benzene rings is 2. The van der Waals surface area contributed by atoms with E-state index in [4.69, 9.17) is 16.0 Å². The van der Waals surface area contributed by atoms with Gasteiger partial charge in [0.25, 0.3) is 0 Å². The maximum absolute atomic E-state index is 12.0. The molecule has 0 atom stereocenters. The summed E-state index contributed by atoms with van der Waals surface area (Å²) < 4.78 is 6.58. The molecule has 4 aromatic rings. The van der Waals surface area contributed by atoms with E-state index in [2.05, 4.69) is 16.0 Å². The van der Waals surface area contributed by atoms with Crippen LogP contribution in [0.5, 0.6) is 0 Å². The summed E-state index contributed by atoms with van der Waals surface area (Å²) in [5, 5.41) is 2.64. The fourth-order valence-corrected chi connectivity index (χ4v) is 4.60. The van der Waals surface area contributed by atoms with Gasteiger partial charge in [0.15, 0.2) is 0 Å². The van der Waals surface area contributed by atoms with Gasteiger partial charge in [-0.2, -0.15) is 0 Å². The molecule has 0 unspecified atom stereocenters. The molecule has 2 aromatic carbocycles. The fraction of sp³-hybridized carbons (Fsp3) is 0.238. The number of para-hydroxylation sites is 1. The van der Waals surface area contributed by atoms with E-state index in [1.807, 2.05) is 44.3 Å². The number of hydrogen-bond acceptors (Lipinski definition) is 5. The molecule has 27 heavy (non-hydrogen) atoms. The van der Waals surface area contributed by atoms with Crippen molar-refractivity contribution < 1.29 is 4.42 Å². The number of hydrogen-bond donors (Lipinski definition) is 0. The van der Waals surface area contributed by atoms with Gasteiger partial charge in [0.1, 0.15) is 10.6 Å². The van der Waals surface area contributed by atoms with Gasteiger partial charge in [-0.25, -0.2) is 9.78 Å². The molecular weight excluding hydrogens is 380 g/mol. The number of aryl methyl sites for hydroxylation is 1. The largest absolute Gasteiger partial charge is 0.423 e. The Bertz CT molecular complexity index is 1150. The summed E-state index contributed by atoms with van der Waals surface area (Å²) in [5.41, 5.74) is 3.17. The van der Waals surface area contributed by atoms with Crippen molar-refractivity contribution in [2.75, 3.05) is 7.05 Å². The predicted molar refractivity (Wildman–Crippen MR) is 112 cm³/mol. The van der Waals surface area contributed by atoms with Crippen LogP contribution in [-0.2, 0) is 19.5 Å². The van der Waals surface area contributed by atoms with Crippen molar-refractivity contribution in [2.24, 2.45) is 0 Å². The second-order valence-electron chi connectivity index (χ2n) is 6.63. The van der Waals surface area contributed by atoms with Crippen LogP contribution < -0.4 is 5.63 Å². The van der Waals surface area contributed by atoms with Crippen LogP contribution in [0, 0.1) is 0 Å². The highest BCUT2D eigenvalue weighted by atomic mass is 35.5. The Morgan fingerprint density at radius 1 is 1.15 bits per heavy atom. The molecule has 4 nitrogen and oxygen atoms in total. The zero-order valence-corrected chi connectivity index (χ0v) is 16.7. The van der Waals surface area contributed by atoms with E-state index >= 15 is 0 Å². The Kier molecular flexibility index (Phi) is 5.00. The van der Waals surface area contributed by atoms with Crippen molar-refractivity contribution in [1.29, 1.82) is 0 Å². The van der Waals surface area contributed by atoms with Crippen molar-refractivity contribution in [2.45, 2.75) is 26.4 Å². The summed E-state index contributed by atoms with van der Waals surface area (Å²) in [4.78, 5) is 18.9. The quantitative estimate of drug-likeness (QED) is 0.431. The number of nitrogens with zero attached hydrogens (tertiary/aromatic N) is 2. The van der Waals surface area contributed by atoms with E-state index in [1.165, 1.54) is 4.70 Å². The highest BCUT2D eigenvalue weighted by molar-refractivity contribution is 7.18. The molecule has 0 aliphatic rings. The molecule has 0 radical (unpaired) electrons. The maximum Gasteiger partial charge on any atom is 0.336 e. The van der Waals surface area contributed by atoms with Crippen molar-refractivity contribution in [3.63, 3.8) is 0 Å². The lowest BCUT2D eigenvalue weighted by Crippen LogP contribution is -2.18. The highest BCUT2D eigenvalue weighted by Crippen LogP contribution is 2.27. The lowest BCUT2D eigenvalue weighted by Gasteiger charge is -2.16. The smallest absolute Gasteiger partial charge is 0.336 e. The summed E-state index contributed by atoms with van der Waals surface area (Å²) in [6.45, 7) is 3.35. The Morgan fingerprint density at radius 3 is 2.74 bits per heavy atom. The van der Waals surface area contributed by atoms with Crippen LogP contribution in [0.25, 0.3) is 21.2 Å². The molecule has 2 aromatic heterocycles. The van der Waals surface area contributed by atoms with Gasteiger partial charge in [-0.05, 0) is 48.9 Å². The molecule has 0 amide bonds. The lowest BCUT2D eigenvalue weighted by molar-refractivity contribution is 0.319. The molecule has 138 valence electrons. The Hall–Kier alpha value is -2.21. The minimum atomic E-state index is -0.338. The standard InChI is InChI=1S/C21H19ClN2O2S/c1-3-13-8-18-15(10-16(13)22)14(9-21(25)26-18)11-24(2)12-20-23-17-6-4-5-7-19(17)27-20/h4-10H,3,11-12H2,1-2H3. The molecule has 0 spiro atoms. The second kappa shape index (κ2) is 7.43. The van der Waals surface area contributed by atoms with Gasteiger partial charge in [-0.3, -0.25) is 4.90 Å². The first-order valence-corrected chi connectivity index (χ1v) is 10.0. The number of aromatic nitrogens is 1. The zero-order valence-electron chi connectivity index (χ0n) is 15.2. The summed E-state index contributed by atoms with van der Waals surface area (Å²) in [5.74, 6) is 0. The zero-order chi connectivity index (χ0) is 19.0. The van der Waals surface area contributed by atoms with Crippen LogP contribution in [0.2, 0.25) is 5.02 Å². The normalized spacial score (nSPS) is 11.7. The van der Waals surface area contributed by atoms with Gasteiger partial charge < -0.3 is 4.42 Å². The third kappa shape index (κ3) is 3.76. The first kappa shape index (κ1) is 18.2. The maximum atomic E-state index is 12.0. The molecule has 0 N–H and O–H groups in total. The van der Waals surface area contributed by atoms with E-state index in [9.17, 15) is 4.79 Å². The van der Waals surface area contributed by atoms with Gasteiger partial charge in [-0.1, -0.05) is 30.7 Å². The highest BCUT2D eigenvalue weighted by Gasteiger charge is 2.13. The first-order valence-electron chi connectivity index (χ1n) is 8.81. The summed E-state index contributed by atoms with van der Waals surface area (Å²) in [7, 11) is 2.02. The average Bonchev–Trinajstić information content (AvgIpc) is 3.03. The topological polar surface area (TPSA) is 46.3 Å². The summed E-state index contributed by atoms with van der Waals surface area (Å²) in [6.07, 6.45) is 0.792. The molecular formula is C21H19ClN2O2S. The second-order valence-corrected chi connectivity index (χ2v) is 8.15. The Balaban J connectivity index is 1.63. The molecule has 2 heterocycles. The first-order chi connectivity index (χ1) is 13.0. The molecule has 4 rings (SSSR count). The molecule has 0 aliphatic carbocycles. The van der Waals surface area contributed by atoms with Gasteiger partial charge >= 0.3 is 5.63 Å². The molecule has 6 heteroatoms. The minimum absolute atomic E-state index is 0.338. The van der Waals surface area contributed by atoms with Crippen molar-refractivity contribution >= 4 is 44.1 Å². The Labute approximate surface area is 166 Å².